The molecule has 0 fully saturated rings. The lowest BCUT2D eigenvalue weighted by Crippen LogP contribution is -1.99. The van der Waals surface area contributed by atoms with Crippen LogP contribution in [-0.4, -0.2) is 14.5 Å². The molecule has 0 spiro atoms. The van der Waals surface area contributed by atoms with E-state index in [4.69, 9.17) is 9.97 Å². The van der Waals surface area contributed by atoms with Crippen molar-refractivity contribution in [1.82, 2.24) is 14.5 Å². The molecule has 7 aromatic rings. The predicted octanol–water partition coefficient (Wildman–Crippen LogP) is 10.3. The number of fused-ring (bicyclic) bond motifs is 3. The topological polar surface area (TPSA) is 30.7 Å². The van der Waals surface area contributed by atoms with Crippen molar-refractivity contribution in [1.29, 1.82) is 0 Å². The highest BCUT2D eigenvalue weighted by Crippen LogP contribution is 2.33. The second-order valence-corrected chi connectivity index (χ2v) is 11.2. The second kappa shape index (κ2) is 11.6. The summed E-state index contributed by atoms with van der Waals surface area (Å²) in [5, 5.41) is 2.54. The molecular weight excluding hydrogens is 546 g/mol. The summed E-state index contributed by atoms with van der Waals surface area (Å²) in [7, 11) is 0. The first kappa shape index (κ1) is 26.6. The number of rotatable bonds is 5. The Balaban J connectivity index is 1.14. The van der Waals surface area contributed by atoms with Crippen LogP contribution in [0.1, 0.15) is 18.7 Å². The Morgan fingerprint density at radius 1 is 0.533 bits per heavy atom. The summed E-state index contributed by atoms with van der Waals surface area (Å²) in [6, 6.07) is 47.1. The Labute approximate surface area is 262 Å². The molecule has 3 nitrogen and oxygen atoms in total. The summed E-state index contributed by atoms with van der Waals surface area (Å²) in [5.74, 6) is 7.17. The Bertz CT molecular complexity index is 2240. The van der Waals surface area contributed by atoms with Crippen molar-refractivity contribution in [2.24, 2.45) is 0 Å². The zero-order chi connectivity index (χ0) is 30.0. The average Bonchev–Trinajstić information content (AvgIpc) is 3.43. The molecule has 1 aliphatic carbocycles. The van der Waals surface area contributed by atoms with Crippen molar-refractivity contribution >= 4 is 27.4 Å². The Morgan fingerprint density at radius 2 is 1.09 bits per heavy atom. The third kappa shape index (κ3) is 5.13. The Morgan fingerprint density at radius 3 is 1.76 bits per heavy atom. The van der Waals surface area contributed by atoms with Crippen LogP contribution in [0.15, 0.2) is 152 Å². The molecule has 0 bridgehead atoms. The minimum Gasteiger partial charge on any atom is -0.309 e. The largest absolute Gasteiger partial charge is 0.309 e. The van der Waals surface area contributed by atoms with Gasteiger partial charge in [0.2, 0.25) is 0 Å². The highest BCUT2D eigenvalue weighted by molar-refractivity contribution is 6.09. The fourth-order valence-electron chi connectivity index (χ4n) is 6.09. The van der Waals surface area contributed by atoms with E-state index >= 15 is 0 Å². The van der Waals surface area contributed by atoms with Crippen LogP contribution in [0.5, 0.6) is 0 Å². The van der Waals surface area contributed by atoms with Gasteiger partial charge in [-0.2, -0.15) is 0 Å². The minimum absolute atomic E-state index is 0.631. The van der Waals surface area contributed by atoms with Crippen LogP contribution in [0.25, 0.3) is 66.7 Å². The molecule has 0 amide bonds. The summed E-state index contributed by atoms with van der Waals surface area (Å²) < 4.78 is 2.35. The average molecular weight is 576 g/mol. The molecule has 5 aromatic carbocycles. The summed E-state index contributed by atoms with van der Waals surface area (Å²) in [6.07, 6.45) is 7.62. The van der Waals surface area contributed by atoms with E-state index in [0.717, 1.165) is 51.6 Å². The third-order valence-electron chi connectivity index (χ3n) is 8.36. The van der Waals surface area contributed by atoms with E-state index in [1.165, 1.54) is 27.4 Å². The molecule has 0 saturated heterocycles. The zero-order valence-corrected chi connectivity index (χ0v) is 24.7. The van der Waals surface area contributed by atoms with Crippen molar-refractivity contribution in [3.8, 4) is 51.2 Å². The first-order valence-electron chi connectivity index (χ1n) is 15.3. The summed E-state index contributed by atoms with van der Waals surface area (Å²) in [4.78, 5) is 10.0. The van der Waals surface area contributed by atoms with E-state index in [0.29, 0.717) is 6.42 Å². The van der Waals surface area contributed by atoms with Gasteiger partial charge in [0.25, 0.3) is 0 Å². The minimum atomic E-state index is 0.631. The van der Waals surface area contributed by atoms with Gasteiger partial charge in [-0.25, -0.2) is 9.97 Å². The lowest BCUT2D eigenvalue weighted by atomic mass is 10.0. The lowest BCUT2D eigenvalue weighted by Gasteiger charge is -2.12. The van der Waals surface area contributed by atoms with E-state index < -0.39 is 0 Å². The molecule has 0 saturated carbocycles. The van der Waals surface area contributed by atoms with Crippen molar-refractivity contribution < 1.29 is 0 Å². The molecule has 8 rings (SSSR count). The third-order valence-corrected chi connectivity index (χ3v) is 8.36. The number of benzene rings is 5. The lowest BCUT2D eigenvalue weighted by molar-refractivity contribution is 1.11. The molecule has 0 N–H and O–H groups in total. The van der Waals surface area contributed by atoms with E-state index in [-0.39, 0.29) is 0 Å². The van der Waals surface area contributed by atoms with Gasteiger partial charge < -0.3 is 4.57 Å². The van der Waals surface area contributed by atoms with Crippen molar-refractivity contribution in [2.45, 2.75) is 12.8 Å². The summed E-state index contributed by atoms with van der Waals surface area (Å²) in [6.45, 7) is 0. The van der Waals surface area contributed by atoms with Gasteiger partial charge in [0.05, 0.1) is 22.4 Å². The molecule has 3 heteroatoms. The predicted molar refractivity (Wildman–Crippen MR) is 187 cm³/mol. The van der Waals surface area contributed by atoms with Gasteiger partial charge in [0.1, 0.15) is 0 Å². The van der Waals surface area contributed by atoms with Crippen LogP contribution in [0.4, 0.5) is 0 Å². The number of allylic oxidation sites excluding steroid dienone is 4. The Hall–Kier alpha value is -5.98. The maximum absolute atomic E-state index is 5.03. The monoisotopic (exact) mass is 575 g/mol. The number of aromatic nitrogens is 3. The van der Waals surface area contributed by atoms with Crippen LogP contribution in [-0.2, 0) is 0 Å². The summed E-state index contributed by atoms with van der Waals surface area (Å²) in [5.41, 5.74) is 10.9. The molecule has 45 heavy (non-hydrogen) atoms. The molecule has 212 valence electrons. The number of hydrogen-bond donors (Lipinski definition) is 0. The molecule has 2 aromatic heterocycles. The van der Waals surface area contributed by atoms with Gasteiger partial charge in [0, 0.05) is 46.0 Å². The standard InChI is InChI=1S/C42H29N3/c1-2-5-15-34(16-6-3-1)42-43-38(32-13-7-4-8-14-32)29-39(44-42)33-23-21-30(22-24-33)31-25-27-35(28-26-31)45-40-19-11-9-17-36(40)37-18-10-12-20-41(37)45/h2,4-5,7-15,17-29H,1,16H2/b5-2-,34-15+. The van der Waals surface area contributed by atoms with Crippen LogP contribution in [0.3, 0.4) is 0 Å². The Kier molecular flexibility index (Phi) is 6.87. The summed E-state index contributed by atoms with van der Waals surface area (Å²) >= 11 is 0. The molecule has 0 radical (unpaired) electrons. The van der Waals surface area contributed by atoms with Crippen molar-refractivity contribution in [3.05, 3.63) is 158 Å². The van der Waals surface area contributed by atoms with Crippen LogP contribution >= 0.6 is 0 Å². The first-order valence-corrected chi connectivity index (χ1v) is 15.3. The van der Waals surface area contributed by atoms with Crippen LogP contribution < -0.4 is 0 Å². The molecule has 1 aliphatic rings. The van der Waals surface area contributed by atoms with E-state index in [1.54, 1.807) is 0 Å². The van der Waals surface area contributed by atoms with Gasteiger partial charge in [0.15, 0.2) is 5.82 Å². The maximum Gasteiger partial charge on any atom is 0.157 e. The highest BCUT2D eigenvalue weighted by Gasteiger charge is 2.14. The smallest absolute Gasteiger partial charge is 0.157 e. The number of hydrogen-bond acceptors (Lipinski definition) is 2. The molecule has 0 unspecified atom stereocenters. The zero-order valence-electron chi connectivity index (χ0n) is 24.7. The molecule has 2 heterocycles. The van der Waals surface area contributed by atoms with Crippen molar-refractivity contribution in [3.63, 3.8) is 0 Å². The quantitative estimate of drug-likeness (QED) is 0.191. The molecular formula is C42H29N3. The van der Waals surface area contributed by atoms with Gasteiger partial charge in [-0.15, -0.1) is 0 Å². The highest BCUT2D eigenvalue weighted by atomic mass is 15.0. The fraction of sp³-hybridized carbons (Fsp3) is 0.0476. The van der Waals surface area contributed by atoms with Gasteiger partial charge in [-0.1, -0.05) is 133 Å². The van der Waals surface area contributed by atoms with Gasteiger partial charge in [-0.05, 0) is 41.5 Å². The van der Waals surface area contributed by atoms with E-state index in [2.05, 4.69) is 150 Å². The molecule has 0 atom stereocenters. The SMILES string of the molecule is C1#CC/C(c2nc(-c3ccccc3)cc(-c3ccc(-c4ccc(-n5c6ccccc6c6ccccc65)cc4)cc3)n2)=C\C=C/C1. The van der Waals surface area contributed by atoms with Crippen LogP contribution in [0.2, 0.25) is 0 Å². The fourth-order valence-corrected chi connectivity index (χ4v) is 6.09. The van der Waals surface area contributed by atoms with Gasteiger partial charge in [-0.3, -0.25) is 0 Å². The normalized spacial score (nSPS) is 14.6. The van der Waals surface area contributed by atoms with Crippen LogP contribution in [0, 0.1) is 11.8 Å². The maximum atomic E-state index is 5.03. The second-order valence-electron chi connectivity index (χ2n) is 11.2. The van der Waals surface area contributed by atoms with E-state index in [1.807, 2.05) is 18.2 Å². The number of para-hydroxylation sites is 2. The van der Waals surface area contributed by atoms with Crippen molar-refractivity contribution in [2.75, 3.05) is 0 Å². The first-order chi connectivity index (χ1) is 22.3. The van der Waals surface area contributed by atoms with E-state index in [9.17, 15) is 0 Å². The number of nitrogens with zero attached hydrogens (tertiary/aromatic N) is 3. The molecule has 0 aliphatic heterocycles. The van der Waals surface area contributed by atoms with Gasteiger partial charge >= 0.3 is 0 Å².